The molecule has 5 heteroatoms. The van der Waals surface area contributed by atoms with E-state index in [0.717, 1.165) is 0 Å². The van der Waals surface area contributed by atoms with Crippen molar-refractivity contribution in [3.63, 3.8) is 0 Å². The van der Waals surface area contributed by atoms with Crippen LogP contribution < -0.4 is 5.73 Å². The van der Waals surface area contributed by atoms with Crippen molar-refractivity contribution in [1.29, 1.82) is 0 Å². The van der Waals surface area contributed by atoms with Crippen LogP contribution >= 0.6 is 0 Å². The van der Waals surface area contributed by atoms with E-state index in [0.29, 0.717) is 10.9 Å². The highest BCUT2D eigenvalue weighted by Crippen LogP contribution is 2.30. The van der Waals surface area contributed by atoms with Gasteiger partial charge in [0, 0.05) is 5.39 Å². The van der Waals surface area contributed by atoms with Gasteiger partial charge in [0.05, 0.1) is 11.2 Å². The van der Waals surface area contributed by atoms with Crippen molar-refractivity contribution in [3.05, 3.63) is 23.9 Å². The maximum atomic E-state index is 10.7. The van der Waals surface area contributed by atoms with Gasteiger partial charge < -0.3 is 20.9 Å². The first-order valence-corrected chi connectivity index (χ1v) is 3.93. The van der Waals surface area contributed by atoms with Crippen molar-refractivity contribution in [2.24, 2.45) is 0 Å². The summed E-state index contributed by atoms with van der Waals surface area (Å²) < 4.78 is 0. The molecule has 0 bridgehead atoms. The molecule has 1 aromatic carbocycles. The lowest BCUT2D eigenvalue weighted by Crippen LogP contribution is -2.00. The van der Waals surface area contributed by atoms with Crippen LogP contribution in [0.5, 0.6) is 5.75 Å². The first-order valence-electron chi connectivity index (χ1n) is 3.93. The SMILES string of the molecule is Nc1c(C(=O)O)[nH]c2c(O)cccc12. The minimum absolute atomic E-state index is 0.0123. The Balaban J connectivity index is 2.86. The van der Waals surface area contributed by atoms with Gasteiger partial charge in [-0.05, 0) is 6.07 Å². The highest BCUT2D eigenvalue weighted by Gasteiger charge is 2.15. The molecule has 0 atom stereocenters. The Kier molecular flexibility index (Phi) is 1.60. The summed E-state index contributed by atoms with van der Waals surface area (Å²) in [6, 6.07) is 4.71. The van der Waals surface area contributed by atoms with Gasteiger partial charge in [0.15, 0.2) is 0 Å². The highest BCUT2D eigenvalue weighted by atomic mass is 16.4. The van der Waals surface area contributed by atoms with Crippen molar-refractivity contribution in [2.75, 3.05) is 5.73 Å². The van der Waals surface area contributed by atoms with Crippen LogP contribution in [0.4, 0.5) is 5.69 Å². The van der Waals surface area contributed by atoms with Gasteiger partial charge >= 0.3 is 5.97 Å². The van der Waals surface area contributed by atoms with E-state index < -0.39 is 5.97 Å². The van der Waals surface area contributed by atoms with Crippen LogP contribution in [0, 0.1) is 0 Å². The van der Waals surface area contributed by atoms with Gasteiger partial charge in [0.2, 0.25) is 0 Å². The summed E-state index contributed by atoms with van der Waals surface area (Å²) >= 11 is 0. The third-order valence-electron chi connectivity index (χ3n) is 2.07. The summed E-state index contributed by atoms with van der Waals surface area (Å²) in [5, 5.41) is 18.7. The number of phenols is 1. The second kappa shape index (κ2) is 2.66. The third-order valence-corrected chi connectivity index (χ3v) is 2.07. The number of carboxylic acid groups (broad SMARTS) is 1. The second-order valence-corrected chi connectivity index (χ2v) is 2.92. The number of anilines is 1. The summed E-state index contributed by atoms with van der Waals surface area (Å²) in [7, 11) is 0. The van der Waals surface area contributed by atoms with Crippen molar-refractivity contribution in [3.8, 4) is 5.75 Å². The van der Waals surface area contributed by atoms with Crippen molar-refractivity contribution < 1.29 is 15.0 Å². The van der Waals surface area contributed by atoms with Gasteiger partial charge in [-0.3, -0.25) is 0 Å². The predicted octanol–water partition coefficient (Wildman–Crippen LogP) is 1.15. The molecular formula is C9H8N2O3. The quantitative estimate of drug-likeness (QED) is 0.544. The van der Waals surface area contributed by atoms with Gasteiger partial charge in [-0.2, -0.15) is 0 Å². The van der Waals surface area contributed by atoms with Crippen molar-refractivity contribution in [1.82, 2.24) is 4.98 Å². The fourth-order valence-corrected chi connectivity index (χ4v) is 1.39. The highest BCUT2D eigenvalue weighted by molar-refractivity contribution is 6.06. The van der Waals surface area contributed by atoms with E-state index in [1.54, 1.807) is 12.1 Å². The van der Waals surface area contributed by atoms with E-state index in [2.05, 4.69) is 4.98 Å². The number of nitrogens with two attached hydrogens (primary N) is 1. The fourth-order valence-electron chi connectivity index (χ4n) is 1.39. The number of nitrogen functional groups attached to an aromatic ring is 1. The van der Waals surface area contributed by atoms with Crippen molar-refractivity contribution in [2.45, 2.75) is 0 Å². The number of carboxylic acids is 1. The van der Waals surface area contributed by atoms with Crippen LogP contribution in [0.25, 0.3) is 10.9 Å². The monoisotopic (exact) mass is 192 g/mol. The molecule has 0 aliphatic heterocycles. The summed E-state index contributed by atoms with van der Waals surface area (Å²) in [5.74, 6) is -1.15. The second-order valence-electron chi connectivity index (χ2n) is 2.92. The van der Waals surface area contributed by atoms with E-state index in [-0.39, 0.29) is 17.1 Å². The Bertz CT molecular complexity index is 516. The molecule has 2 aromatic rings. The number of aromatic carboxylic acids is 1. The number of hydrogen-bond acceptors (Lipinski definition) is 3. The zero-order chi connectivity index (χ0) is 10.3. The maximum absolute atomic E-state index is 10.7. The number of H-pyrrole nitrogens is 1. The van der Waals surface area contributed by atoms with Gasteiger partial charge in [-0.1, -0.05) is 12.1 Å². The number of hydrogen-bond donors (Lipinski definition) is 4. The molecule has 0 fully saturated rings. The Morgan fingerprint density at radius 2 is 2.14 bits per heavy atom. The number of fused-ring (bicyclic) bond motifs is 1. The number of nitrogens with one attached hydrogen (secondary N) is 1. The van der Waals surface area contributed by atoms with Gasteiger partial charge in [0.25, 0.3) is 0 Å². The number of carbonyl (C=O) groups is 1. The Hall–Kier alpha value is -2.17. The van der Waals surface area contributed by atoms with Gasteiger partial charge in [0.1, 0.15) is 11.4 Å². The molecule has 0 aliphatic rings. The minimum Gasteiger partial charge on any atom is -0.506 e. The first-order chi connectivity index (χ1) is 6.61. The number of para-hydroxylation sites is 1. The van der Waals surface area contributed by atoms with E-state index >= 15 is 0 Å². The summed E-state index contributed by atoms with van der Waals surface area (Å²) in [6.07, 6.45) is 0. The molecule has 5 N–H and O–H groups in total. The predicted molar refractivity (Wildman–Crippen MR) is 51.3 cm³/mol. The molecule has 0 amide bonds. The molecule has 1 aromatic heterocycles. The molecule has 0 spiro atoms. The summed E-state index contributed by atoms with van der Waals surface area (Å²) in [4.78, 5) is 13.3. The molecule has 0 radical (unpaired) electrons. The standard InChI is InChI=1S/C9H8N2O3/c10-6-4-2-1-3-5(12)7(4)11-8(6)9(13)14/h1-3,11-12H,10H2,(H,13,14). The first kappa shape index (κ1) is 8.43. The summed E-state index contributed by atoms with van der Waals surface area (Å²) in [6.45, 7) is 0. The molecule has 0 saturated heterocycles. The molecule has 72 valence electrons. The number of aromatic amines is 1. The van der Waals surface area contributed by atoms with Crippen LogP contribution in [0.3, 0.4) is 0 Å². The van der Waals surface area contributed by atoms with Crippen LogP contribution in [0.15, 0.2) is 18.2 Å². The maximum Gasteiger partial charge on any atom is 0.354 e. The van der Waals surface area contributed by atoms with Crippen LogP contribution in [0.2, 0.25) is 0 Å². The number of benzene rings is 1. The smallest absolute Gasteiger partial charge is 0.354 e. The molecule has 0 unspecified atom stereocenters. The number of rotatable bonds is 1. The lowest BCUT2D eigenvalue weighted by molar-refractivity contribution is 0.0692. The van der Waals surface area contributed by atoms with Crippen LogP contribution in [-0.2, 0) is 0 Å². The number of aromatic nitrogens is 1. The Labute approximate surface area is 78.8 Å². The molecule has 2 rings (SSSR count). The topological polar surface area (TPSA) is 99.3 Å². The zero-order valence-corrected chi connectivity index (χ0v) is 7.11. The lowest BCUT2D eigenvalue weighted by atomic mass is 10.2. The average Bonchev–Trinajstić information content (AvgIpc) is 2.46. The van der Waals surface area contributed by atoms with E-state index in [9.17, 15) is 9.90 Å². The zero-order valence-electron chi connectivity index (χ0n) is 7.11. The van der Waals surface area contributed by atoms with Crippen LogP contribution in [0.1, 0.15) is 10.5 Å². The molecule has 0 aliphatic carbocycles. The number of aromatic hydroxyl groups is 1. The molecule has 0 saturated carbocycles. The van der Waals surface area contributed by atoms with E-state index in [4.69, 9.17) is 10.8 Å². The molecule has 5 nitrogen and oxygen atoms in total. The largest absolute Gasteiger partial charge is 0.506 e. The van der Waals surface area contributed by atoms with Crippen LogP contribution in [-0.4, -0.2) is 21.2 Å². The minimum atomic E-state index is -1.14. The van der Waals surface area contributed by atoms with Gasteiger partial charge in [-0.25, -0.2) is 4.79 Å². The normalized spacial score (nSPS) is 10.6. The van der Waals surface area contributed by atoms with Gasteiger partial charge in [-0.15, -0.1) is 0 Å². The molecular weight excluding hydrogens is 184 g/mol. The third kappa shape index (κ3) is 0.990. The number of phenolic OH excluding ortho intramolecular Hbond substituents is 1. The Morgan fingerprint density at radius 1 is 1.43 bits per heavy atom. The van der Waals surface area contributed by atoms with Crippen molar-refractivity contribution >= 4 is 22.6 Å². The van der Waals surface area contributed by atoms with E-state index in [1.807, 2.05) is 0 Å². The lowest BCUT2D eigenvalue weighted by Gasteiger charge is -1.92. The average molecular weight is 192 g/mol. The van der Waals surface area contributed by atoms with E-state index in [1.165, 1.54) is 6.07 Å². The summed E-state index contributed by atoms with van der Waals surface area (Å²) in [5.41, 5.74) is 5.98. The fraction of sp³-hybridized carbons (Fsp3) is 0. The molecule has 14 heavy (non-hydrogen) atoms. The molecule has 1 heterocycles. The Morgan fingerprint density at radius 3 is 2.71 bits per heavy atom.